The molecular formula is C18H21N3O4. The smallest absolute Gasteiger partial charge is 0.251 e. The molecular weight excluding hydrogens is 322 g/mol. The third kappa shape index (κ3) is 5.12. The molecule has 0 spiro atoms. The van der Waals surface area contributed by atoms with E-state index in [1.165, 1.54) is 6.92 Å². The van der Waals surface area contributed by atoms with E-state index in [4.69, 9.17) is 0 Å². The van der Waals surface area contributed by atoms with Crippen LogP contribution in [-0.2, 0) is 0 Å². The number of nitrogens with one attached hydrogen (secondary N) is 3. The highest BCUT2D eigenvalue weighted by Gasteiger charge is 2.33. The van der Waals surface area contributed by atoms with Gasteiger partial charge < -0.3 is 15.8 Å². The van der Waals surface area contributed by atoms with Crippen LogP contribution in [0.5, 0.6) is 0 Å². The Balaban J connectivity index is 1.96. The molecule has 0 heterocycles. The van der Waals surface area contributed by atoms with E-state index in [0.29, 0.717) is 11.1 Å². The van der Waals surface area contributed by atoms with Gasteiger partial charge in [-0.1, -0.05) is 36.4 Å². The van der Waals surface area contributed by atoms with Crippen LogP contribution in [0.1, 0.15) is 27.6 Å². The summed E-state index contributed by atoms with van der Waals surface area (Å²) in [5, 5.41) is 25.2. The van der Waals surface area contributed by atoms with Gasteiger partial charge in [0, 0.05) is 11.1 Å². The fraction of sp³-hybridized carbons (Fsp3) is 0.222. The lowest BCUT2D eigenvalue weighted by Crippen LogP contribution is -3.16. The van der Waals surface area contributed by atoms with Crippen molar-refractivity contribution in [2.45, 2.75) is 12.5 Å². The van der Waals surface area contributed by atoms with E-state index >= 15 is 0 Å². The summed E-state index contributed by atoms with van der Waals surface area (Å²) >= 11 is 0. The molecule has 1 atom stereocenters. The summed E-state index contributed by atoms with van der Waals surface area (Å²) in [6, 6.07) is 17.1. The summed E-state index contributed by atoms with van der Waals surface area (Å²) < 4.78 is 0. The molecule has 2 aromatic carbocycles. The maximum Gasteiger partial charge on any atom is 0.251 e. The minimum Gasteiger partial charge on any atom is -0.600 e. The number of hydrogen-bond donors (Lipinski definition) is 4. The standard InChI is InChI=1S/C18H21N3O4/c1-18(21(24)25,12-19-16(22)14-8-4-2-5-9-14)13-20-17(23)15-10-6-3-7-11-15/h2-11,21,24H,12-13H2,1H3,(H,19,22)(H,20,23). The van der Waals surface area contributed by atoms with Crippen molar-refractivity contribution < 1.29 is 20.0 Å². The van der Waals surface area contributed by atoms with Gasteiger partial charge in [-0.25, -0.2) is 10.4 Å². The van der Waals surface area contributed by atoms with Crippen molar-refractivity contribution in [3.8, 4) is 0 Å². The molecule has 4 N–H and O–H groups in total. The van der Waals surface area contributed by atoms with Crippen LogP contribution in [0.25, 0.3) is 0 Å². The van der Waals surface area contributed by atoms with Crippen LogP contribution >= 0.6 is 0 Å². The summed E-state index contributed by atoms with van der Waals surface area (Å²) in [5.41, 5.74) is -0.429. The molecule has 0 saturated carbocycles. The molecule has 7 heteroatoms. The quantitative estimate of drug-likeness (QED) is 0.545. The third-order valence-corrected chi connectivity index (χ3v) is 3.87. The van der Waals surface area contributed by atoms with Gasteiger partial charge in [0.25, 0.3) is 11.8 Å². The zero-order chi connectivity index (χ0) is 18.3. The van der Waals surface area contributed by atoms with E-state index in [2.05, 4.69) is 10.6 Å². The SMILES string of the molecule is CC(CNC(=O)c1ccccc1)(CNC(=O)c1ccccc1)[NH+]([O-])O. The molecule has 2 aromatic rings. The molecule has 0 aliphatic carbocycles. The number of amides is 2. The van der Waals surface area contributed by atoms with Gasteiger partial charge in [0.15, 0.2) is 5.54 Å². The molecule has 0 fully saturated rings. The minimum absolute atomic E-state index is 0.106. The second-order valence-corrected chi connectivity index (χ2v) is 5.96. The highest BCUT2D eigenvalue weighted by molar-refractivity contribution is 5.94. The van der Waals surface area contributed by atoms with Crippen LogP contribution in [0.3, 0.4) is 0 Å². The highest BCUT2D eigenvalue weighted by Crippen LogP contribution is 2.02. The van der Waals surface area contributed by atoms with Crippen LogP contribution < -0.4 is 15.9 Å². The van der Waals surface area contributed by atoms with Gasteiger partial charge >= 0.3 is 0 Å². The zero-order valence-electron chi connectivity index (χ0n) is 13.9. The lowest BCUT2D eigenvalue weighted by Gasteiger charge is -2.35. The largest absolute Gasteiger partial charge is 0.600 e. The monoisotopic (exact) mass is 343 g/mol. The van der Waals surface area contributed by atoms with Crippen molar-refractivity contribution in [1.29, 1.82) is 0 Å². The van der Waals surface area contributed by atoms with Crippen LogP contribution in [-0.4, -0.2) is 35.7 Å². The molecule has 2 rings (SSSR count). The fourth-order valence-electron chi connectivity index (χ4n) is 2.15. The maximum atomic E-state index is 12.1. The topological polar surface area (TPSA) is 106 Å². The van der Waals surface area contributed by atoms with Gasteiger partial charge in [0.1, 0.15) is 0 Å². The number of hydroxylamine groups is 2. The molecule has 0 aliphatic rings. The Hall–Kier alpha value is -2.74. The Morgan fingerprint density at radius 1 is 0.920 bits per heavy atom. The summed E-state index contributed by atoms with van der Waals surface area (Å²) in [7, 11) is 0. The number of quaternary nitrogens is 1. The molecule has 132 valence electrons. The van der Waals surface area contributed by atoms with Gasteiger partial charge in [-0.05, 0) is 31.2 Å². The van der Waals surface area contributed by atoms with Gasteiger partial charge in [0.05, 0.1) is 13.1 Å². The Kier molecular flexibility index (Phi) is 6.24. The fourth-order valence-corrected chi connectivity index (χ4v) is 2.15. The van der Waals surface area contributed by atoms with Gasteiger partial charge in [-0.2, -0.15) is 0 Å². The summed E-state index contributed by atoms with van der Waals surface area (Å²) in [6.45, 7) is 1.27. The summed E-state index contributed by atoms with van der Waals surface area (Å²) in [6.07, 6.45) is 0. The van der Waals surface area contributed by atoms with Crippen molar-refractivity contribution in [3.63, 3.8) is 0 Å². The number of hydrogen-bond acceptors (Lipinski definition) is 4. The van der Waals surface area contributed by atoms with Crippen LogP contribution in [0.4, 0.5) is 0 Å². The molecule has 1 unspecified atom stereocenters. The number of carbonyl (C=O) groups excluding carboxylic acids is 2. The molecule has 0 aromatic heterocycles. The third-order valence-electron chi connectivity index (χ3n) is 3.87. The zero-order valence-corrected chi connectivity index (χ0v) is 13.9. The van der Waals surface area contributed by atoms with Gasteiger partial charge in [0.2, 0.25) is 0 Å². The molecule has 7 nitrogen and oxygen atoms in total. The van der Waals surface area contributed by atoms with Gasteiger partial charge in [-0.15, -0.1) is 0 Å². The number of rotatable bonds is 7. The average molecular weight is 343 g/mol. The predicted molar refractivity (Wildman–Crippen MR) is 92.1 cm³/mol. The highest BCUT2D eigenvalue weighted by atomic mass is 16.8. The first kappa shape index (κ1) is 18.6. The first-order valence-electron chi connectivity index (χ1n) is 7.82. The van der Waals surface area contributed by atoms with Crippen LogP contribution in [0.2, 0.25) is 0 Å². The van der Waals surface area contributed by atoms with Crippen molar-refractivity contribution >= 4 is 11.8 Å². The van der Waals surface area contributed by atoms with Crippen molar-refractivity contribution in [2.75, 3.05) is 13.1 Å². The van der Waals surface area contributed by atoms with Crippen LogP contribution in [0, 0.1) is 5.21 Å². The maximum absolute atomic E-state index is 12.1. The van der Waals surface area contributed by atoms with Crippen LogP contribution in [0.15, 0.2) is 60.7 Å². The molecule has 0 bridgehead atoms. The second-order valence-electron chi connectivity index (χ2n) is 5.96. The Morgan fingerprint density at radius 3 is 1.60 bits per heavy atom. The molecule has 25 heavy (non-hydrogen) atoms. The lowest BCUT2D eigenvalue weighted by molar-refractivity contribution is -1.08. The number of carbonyl (C=O) groups is 2. The van der Waals surface area contributed by atoms with Crippen molar-refractivity contribution in [1.82, 2.24) is 10.6 Å². The first-order chi connectivity index (χ1) is 11.9. The molecule has 0 radical (unpaired) electrons. The molecule has 2 amide bonds. The van der Waals surface area contributed by atoms with Crippen molar-refractivity contribution in [2.24, 2.45) is 0 Å². The normalized spacial score (nSPS) is 12.3. The van der Waals surface area contributed by atoms with E-state index < -0.39 is 10.8 Å². The van der Waals surface area contributed by atoms with E-state index in [-0.39, 0.29) is 24.9 Å². The number of benzene rings is 2. The lowest BCUT2D eigenvalue weighted by atomic mass is 10.0. The van der Waals surface area contributed by atoms with E-state index in [1.54, 1.807) is 60.7 Å². The van der Waals surface area contributed by atoms with Gasteiger partial charge in [-0.3, -0.25) is 9.59 Å². The molecule has 0 saturated heterocycles. The Labute approximate surface area is 145 Å². The summed E-state index contributed by atoms with van der Waals surface area (Å²) in [5.74, 6) is -0.718. The average Bonchev–Trinajstić information content (AvgIpc) is 2.65. The van der Waals surface area contributed by atoms with E-state index in [9.17, 15) is 20.0 Å². The van der Waals surface area contributed by atoms with Crippen molar-refractivity contribution in [3.05, 3.63) is 77.0 Å². The first-order valence-corrected chi connectivity index (χ1v) is 7.82. The second kappa shape index (κ2) is 8.39. The van der Waals surface area contributed by atoms with E-state index in [0.717, 1.165) is 0 Å². The summed E-state index contributed by atoms with van der Waals surface area (Å²) in [4.78, 5) is 24.2. The molecule has 0 aliphatic heterocycles. The minimum atomic E-state index is -1.32. The Bertz CT molecular complexity index is 649. The van der Waals surface area contributed by atoms with E-state index in [1.807, 2.05) is 0 Å². The predicted octanol–water partition coefficient (Wildman–Crippen LogP) is 0.377. The Morgan fingerprint density at radius 2 is 1.28 bits per heavy atom.